The number of ether oxygens (including phenoxy) is 1. The largest absolute Gasteiger partial charge is 0.494 e. The van der Waals surface area contributed by atoms with Gasteiger partial charge in [-0.3, -0.25) is 4.79 Å². The summed E-state index contributed by atoms with van der Waals surface area (Å²) in [4.78, 5) is 11.4. The van der Waals surface area contributed by atoms with Crippen LogP contribution >= 0.6 is 0 Å². The Morgan fingerprint density at radius 1 is 1.37 bits per heavy atom. The van der Waals surface area contributed by atoms with Gasteiger partial charge < -0.3 is 15.4 Å². The van der Waals surface area contributed by atoms with Gasteiger partial charge in [-0.15, -0.1) is 0 Å². The van der Waals surface area contributed by atoms with Crippen molar-refractivity contribution in [1.29, 1.82) is 0 Å². The van der Waals surface area contributed by atoms with E-state index in [2.05, 4.69) is 16.7 Å². The maximum Gasteiger partial charge on any atom is 0.223 e. The van der Waals surface area contributed by atoms with Gasteiger partial charge in [-0.1, -0.05) is 12.1 Å². The van der Waals surface area contributed by atoms with Gasteiger partial charge in [0.2, 0.25) is 5.91 Å². The van der Waals surface area contributed by atoms with E-state index in [9.17, 15) is 4.79 Å². The quantitative estimate of drug-likeness (QED) is 0.701. The van der Waals surface area contributed by atoms with Gasteiger partial charge in [0.25, 0.3) is 0 Å². The Morgan fingerprint density at radius 2 is 2.21 bits per heavy atom. The third-order valence-corrected chi connectivity index (χ3v) is 3.09. The van der Waals surface area contributed by atoms with Crippen molar-refractivity contribution in [3.63, 3.8) is 0 Å². The molecule has 4 nitrogen and oxygen atoms in total. The number of rotatable bonds is 8. The molecule has 0 bridgehead atoms. The number of hydrogen-bond acceptors (Lipinski definition) is 3. The van der Waals surface area contributed by atoms with Crippen LogP contribution in [0.4, 0.5) is 0 Å². The SMILES string of the molecule is CCOc1cccc(CNCCNC(=O)C2CC2)c1. The molecule has 0 heterocycles. The van der Waals surface area contributed by atoms with Crippen LogP contribution in [0.5, 0.6) is 5.75 Å². The van der Waals surface area contributed by atoms with Gasteiger partial charge in [-0.2, -0.15) is 0 Å². The Bertz CT molecular complexity index is 416. The van der Waals surface area contributed by atoms with Gasteiger partial charge in [0.15, 0.2) is 0 Å². The van der Waals surface area contributed by atoms with E-state index >= 15 is 0 Å². The summed E-state index contributed by atoms with van der Waals surface area (Å²) < 4.78 is 5.45. The minimum absolute atomic E-state index is 0.208. The Labute approximate surface area is 114 Å². The van der Waals surface area contributed by atoms with Gasteiger partial charge in [0.1, 0.15) is 5.75 Å². The van der Waals surface area contributed by atoms with Gasteiger partial charge in [-0.25, -0.2) is 0 Å². The van der Waals surface area contributed by atoms with Crippen molar-refractivity contribution in [2.24, 2.45) is 5.92 Å². The number of nitrogens with one attached hydrogen (secondary N) is 2. The molecule has 0 aromatic heterocycles. The van der Waals surface area contributed by atoms with Crippen LogP contribution in [-0.4, -0.2) is 25.6 Å². The fourth-order valence-corrected chi connectivity index (χ4v) is 1.91. The molecule has 1 aliphatic rings. The summed E-state index contributed by atoms with van der Waals surface area (Å²) in [6.45, 7) is 4.94. The van der Waals surface area contributed by atoms with Crippen LogP contribution in [-0.2, 0) is 11.3 Å². The molecule has 1 aromatic carbocycles. The molecule has 104 valence electrons. The normalized spacial score (nSPS) is 14.2. The molecule has 0 unspecified atom stereocenters. The second-order valence-corrected chi connectivity index (χ2v) is 4.82. The van der Waals surface area contributed by atoms with Crippen LogP contribution < -0.4 is 15.4 Å². The monoisotopic (exact) mass is 262 g/mol. The Kier molecular flexibility index (Phi) is 5.21. The lowest BCUT2D eigenvalue weighted by molar-refractivity contribution is -0.122. The molecule has 1 amide bonds. The smallest absolute Gasteiger partial charge is 0.223 e. The van der Waals surface area contributed by atoms with E-state index in [1.807, 2.05) is 25.1 Å². The number of hydrogen-bond donors (Lipinski definition) is 2. The van der Waals surface area contributed by atoms with E-state index in [1.54, 1.807) is 0 Å². The van der Waals surface area contributed by atoms with Crippen molar-refractivity contribution >= 4 is 5.91 Å². The van der Waals surface area contributed by atoms with Crippen LogP contribution in [0.1, 0.15) is 25.3 Å². The molecule has 19 heavy (non-hydrogen) atoms. The molecular formula is C15H22N2O2. The molecule has 0 aliphatic heterocycles. The second-order valence-electron chi connectivity index (χ2n) is 4.82. The summed E-state index contributed by atoms with van der Waals surface area (Å²) in [5, 5.41) is 6.25. The second kappa shape index (κ2) is 7.14. The lowest BCUT2D eigenvalue weighted by atomic mass is 10.2. The van der Waals surface area contributed by atoms with E-state index in [1.165, 1.54) is 5.56 Å². The third kappa shape index (κ3) is 4.91. The molecule has 1 aromatic rings. The minimum atomic E-state index is 0.208. The molecule has 1 saturated carbocycles. The zero-order valence-electron chi connectivity index (χ0n) is 11.4. The van der Waals surface area contributed by atoms with Crippen molar-refractivity contribution < 1.29 is 9.53 Å². The first-order valence-electron chi connectivity index (χ1n) is 6.99. The van der Waals surface area contributed by atoms with Crippen molar-refractivity contribution in [1.82, 2.24) is 10.6 Å². The summed E-state index contributed by atoms with van der Waals surface area (Å²) in [5.41, 5.74) is 1.19. The lowest BCUT2D eigenvalue weighted by Gasteiger charge is -2.08. The highest BCUT2D eigenvalue weighted by molar-refractivity contribution is 5.80. The summed E-state index contributed by atoms with van der Waals surface area (Å²) in [6, 6.07) is 8.07. The van der Waals surface area contributed by atoms with Gasteiger partial charge in [-0.05, 0) is 37.5 Å². The maximum absolute atomic E-state index is 11.4. The van der Waals surface area contributed by atoms with Crippen molar-refractivity contribution in [3.05, 3.63) is 29.8 Å². The molecule has 0 radical (unpaired) electrons. The molecule has 1 fully saturated rings. The van der Waals surface area contributed by atoms with Crippen LogP contribution in [0.15, 0.2) is 24.3 Å². The van der Waals surface area contributed by atoms with Crippen LogP contribution in [0.2, 0.25) is 0 Å². The zero-order valence-corrected chi connectivity index (χ0v) is 11.4. The predicted molar refractivity (Wildman–Crippen MR) is 75.1 cm³/mol. The highest BCUT2D eigenvalue weighted by atomic mass is 16.5. The fraction of sp³-hybridized carbons (Fsp3) is 0.533. The number of carbonyl (C=O) groups is 1. The Morgan fingerprint density at radius 3 is 2.95 bits per heavy atom. The summed E-state index contributed by atoms with van der Waals surface area (Å²) in [5.74, 6) is 1.41. The van der Waals surface area contributed by atoms with Crippen molar-refractivity contribution in [2.45, 2.75) is 26.3 Å². The average Bonchev–Trinajstić information content (AvgIpc) is 3.23. The lowest BCUT2D eigenvalue weighted by Crippen LogP contribution is -2.32. The molecule has 0 saturated heterocycles. The van der Waals surface area contributed by atoms with E-state index in [0.717, 1.165) is 31.7 Å². The molecule has 4 heteroatoms. The third-order valence-electron chi connectivity index (χ3n) is 3.09. The highest BCUT2D eigenvalue weighted by Crippen LogP contribution is 2.28. The van der Waals surface area contributed by atoms with Gasteiger partial charge >= 0.3 is 0 Å². The Hall–Kier alpha value is -1.55. The maximum atomic E-state index is 11.4. The fourth-order valence-electron chi connectivity index (χ4n) is 1.91. The number of amides is 1. The first kappa shape index (κ1) is 13.9. The molecule has 0 atom stereocenters. The van der Waals surface area contributed by atoms with Crippen LogP contribution in [0, 0.1) is 5.92 Å². The first-order chi connectivity index (χ1) is 9.29. The van der Waals surface area contributed by atoms with E-state index in [4.69, 9.17) is 4.74 Å². The highest BCUT2D eigenvalue weighted by Gasteiger charge is 2.28. The number of benzene rings is 1. The Balaban J connectivity index is 1.61. The standard InChI is InChI=1S/C15H22N2O2/c1-2-19-14-5-3-4-12(10-14)11-16-8-9-17-15(18)13-6-7-13/h3-5,10,13,16H,2,6-9,11H2,1H3,(H,17,18). The average molecular weight is 262 g/mol. The zero-order chi connectivity index (χ0) is 13.5. The molecular weight excluding hydrogens is 240 g/mol. The molecule has 0 spiro atoms. The minimum Gasteiger partial charge on any atom is -0.494 e. The number of carbonyl (C=O) groups excluding carboxylic acids is 1. The van der Waals surface area contributed by atoms with Crippen LogP contribution in [0.3, 0.4) is 0 Å². The van der Waals surface area contributed by atoms with Crippen molar-refractivity contribution in [3.8, 4) is 5.75 Å². The summed E-state index contributed by atoms with van der Waals surface area (Å²) in [6.07, 6.45) is 2.12. The molecule has 2 rings (SSSR count). The van der Waals surface area contributed by atoms with Crippen molar-refractivity contribution in [2.75, 3.05) is 19.7 Å². The van der Waals surface area contributed by atoms with E-state index in [-0.39, 0.29) is 5.91 Å². The van der Waals surface area contributed by atoms with E-state index < -0.39 is 0 Å². The summed E-state index contributed by atoms with van der Waals surface area (Å²) >= 11 is 0. The summed E-state index contributed by atoms with van der Waals surface area (Å²) in [7, 11) is 0. The molecule has 1 aliphatic carbocycles. The van der Waals surface area contributed by atoms with Gasteiger partial charge in [0, 0.05) is 25.6 Å². The van der Waals surface area contributed by atoms with Gasteiger partial charge in [0.05, 0.1) is 6.61 Å². The predicted octanol–water partition coefficient (Wildman–Crippen LogP) is 1.70. The van der Waals surface area contributed by atoms with Crippen LogP contribution in [0.25, 0.3) is 0 Å². The topological polar surface area (TPSA) is 50.4 Å². The first-order valence-corrected chi connectivity index (χ1v) is 6.99. The van der Waals surface area contributed by atoms with E-state index in [0.29, 0.717) is 19.1 Å². The molecule has 2 N–H and O–H groups in total.